The van der Waals surface area contributed by atoms with Gasteiger partial charge in [0.05, 0.1) is 24.7 Å². The van der Waals surface area contributed by atoms with Crippen LogP contribution in [0.2, 0.25) is 0 Å². The number of Topliss-reactive ketones (excluding diaryl/α,β-unsaturated/α-hetero) is 2. The van der Waals surface area contributed by atoms with Gasteiger partial charge in [-0.1, -0.05) is 0 Å². The fourth-order valence-corrected chi connectivity index (χ4v) is 5.67. The van der Waals surface area contributed by atoms with Crippen molar-refractivity contribution in [3.8, 4) is 5.75 Å². The Morgan fingerprint density at radius 1 is 1.12 bits per heavy atom. The third-order valence-corrected chi connectivity index (χ3v) is 7.24. The van der Waals surface area contributed by atoms with E-state index in [1.165, 1.54) is 0 Å². The number of rotatable bonds is 1. The van der Waals surface area contributed by atoms with Gasteiger partial charge in [0.1, 0.15) is 28.7 Å². The van der Waals surface area contributed by atoms with Gasteiger partial charge in [0.2, 0.25) is 5.78 Å². The molecule has 1 saturated carbocycles. The van der Waals surface area contributed by atoms with Crippen LogP contribution in [0.1, 0.15) is 28.7 Å². The van der Waals surface area contributed by atoms with E-state index in [1.54, 1.807) is 0 Å². The maximum atomic E-state index is 15.3. The molecule has 4 aliphatic rings. The van der Waals surface area contributed by atoms with Gasteiger partial charge in [-0.15, -0.1) is 0 Å². The molecule has 1 aromatic carbocycles. The van der Waals surface area contributed by atoms with E-state index in [9.17, 15) is 40.0 Å². The average molecular weight is 461 g/mol. The number of carbonyl (C=O) groups is 3. The molecular weight excluding hydrogens is 441 g/mol. The number of hydroxylamine groups is 2. The van der Waals surface area contributed by atoms with Crippen molar-refractivity contribution in [1.82, 2.24) is 5.06 Å². The number of aromatic hydroxyl groups is 1. The molecule has 0 radical (unpaired) electrons. The van der Waals surface area contributed by atoms with E-state index >= 15 is 4.39 Å². The van der Waals surface area contributed by atoms with Crippen molar-refractivity contribution < 1.29 is 44.4 Å². The standard InChI is InChI=1S/C21H20FN3O8/c22-13-6-1-5-2-9-14(23)17(28)12(20(24)31)19(30)21(9,32)18(29)10(5)16(27)11(6)15(26)8-4-25(33)3-7(8)13/h5,9,14,26-27,30,32-33H,1-4,23H2,(H2,24,31)/t5-,9-,14-,21-/m0/s1. The summed E-state index contributed by atoms with van der Waals surface area (Å²) in [4.78, 5) is 37.7. The molecule has 3 aliphatic carbocycles. The van der Waals surface area contributed by atoms with E-state index in [0.29, 0.717) is 0 Å². The summed E-state index contributed by atoms with van der Waals surface area (Å²) in [5, 5.41) is 54.0. The van der Waals surface area contributed by atoms with Crippen LogP contribution in [-0.2, 0) is 33.9 Å². The SMILES string of the molecule is NC(=O)C1=C(O)[C@@]2(O)C(=O)C3=C(O)c4c(O)c5c(c(F)c4C[C@H]3C[C@H]2[C@H](N)C1=O)CN(O)C5. The molecule has 1 aromatic rings. The number of halogens is 1. The van der Waals surface area contributed by atoms with Gasteiger partial charge in [-0.2, -0.15) is 5.06 Å². The maximum Gasteiger partial charge on any atom is 0.255 e. The largest absolute Gasteiger partial charge is 0.508 e. The topological polar surface area (TPSA) is 208 Å². The monoisotopic (exact) mass is 461 g/mol. The number of primary amides is 1. The Labute approximate surface area is 185 Å². The van der Waals surface area contributed by atoms with Crippen LogP contribution >= 0.6 is 0 Å². The first kappa shape index (κ1) is 21.5. The number of carbonyl (C=O) groups excluding carboxylic acids is 3. The number of hydrogen-bond acceptors (Lipinski definition) is 10. The summed E-state index contributed by atoms with van der Waals surface area (Å²) in [7, 11) is 0. The molecular formula is C21H20FN3O8. The minimum absolute atomic E-state index is 0.0447. The van der Waals surface area contributed by atoms with Crippen molar-refractivity contribution in [2.75, 3.05) is 0 Å². The van der Waals surface area contributed by atoms with Crippen LogP contribution in [0, 0.1) is 17.7 Å². The summed E-state index contributed by atoms with van der Waals surface area (Å²) in [6, 6.07) is -1.57. The molecule has 0 spiro atoms. The minimum atomic E-state index is -2.82. The Balaban J connectivity index is 1.74. The number of benzene rings is 1. The van der Waals surface area contributed by atoms with Crippen LogP contribution < -0.4 is 11.5 Å². The molecule has 33 heavy (non-hydrogen) atoms. The van der Waals surface area contributed by atoms with Gasteiger partial charge in [0, 0.05) is 28.2 Å². The number of hydrogen-bond donors (Lipinski definition) is 7. The summed E-state index contributed by atoms with van der Waals surface area (Å²) in [5.74, 6) is -9.25. The van der Waals surface area contributed by atoms with Crippen molar-refractivity contribution in [3.63, 3.8) is 0 Å². The molecule has 1 aliphatic heterocycles. The third-order valence-electron chi connectivity index (χ3n) is 7.24. The maximum absolute atomic E-state index is 15.3. The zero-order chi connectivity index (χ0) is 24.1. The van der Waals surface area contributed by atoms with E-state index in [0.717, 1.165) is 5.06 Å². The molecule has 9 N–H and O–H groups in total. The lowest BCUT2D eigenvalue weighted by atomic mass is 9.58. The highest BCUT2D eigenvalue weighted by Crippen LogP contribution is 2.53. The lowest BCUT2D eigenvalue weighted by Crippen LogP contribution is -2.65. The van der Waals surface area contributed by atoms with Gasteiger partial charge in [-0.05, 0) is 18.8 Å². The Hall–Kier alpha value is -3.32. The summed E-state index contributed by atoms with van der Waals surface area (Å²) in [6.45, 7) is -0.390. The second kappa shape index (κ2) is 6.60. The first-order valence-corrected chi connectivity index (χ1v) is 10.1. The van der Waals surface area contributed by atoms with Crippen molar-refractivity contribution in [3.05, 3.63) is 45.0 Å². The van der Waals surface area contributed by atoms with E-state index in [-0.39, 0.29) is 48.2 Å². The predicted octanol–water partition coefficient (Wildman–Crippen LogP) is -0.795. The van der Waals surface area contributed by atoms with E-state index in [4.69, 9.17) is 11.5 Å². The van der Waals surface area contributed by atoms with Crippen molar-refractivity contribution >= 4 is 23.2 Å². The van der Waals surface area contributed by atoms with Crippen LogP contribution in [0.5, 0.6) is 5.75 Å². The lowest BCUT2D eigenvalue weighted by molar-refractivity contribution is -0.149. The fraction of sp³-hybridized carbons (Fsp3) is 0.381. The molecule has 4 atom stereocenters. The smallest absolute Gasteiger partial charge is 0.255 e. The highest BCUT2D eigenvalue weighted by atomic mass is 19.1. The Morgan fingerprint density at radius 3 is 2.39 bits per heavy atom. The van der Waals surface area contributed by atoms with E-state index in [2.05, 4.69) is 0 Å². The summed E-state index contributed by atoms with van der Waals surface area (Å²) >= 11 is 0. The number of phenolic OH excluding ortho intramolecular Hbond substituents is 1. The third kappa shape index (κ3) is 2.48. The van der Waals surface area contributed by atoms with E-state index < -0.39 is 75.2 Å². The van der Waals surface area contributed by atoms with Crippen LogP contribution in [0.4, 0.5) is 4.39 Å². The number of aliphatic hydroxyl groups excluding tert-OH is 2. The van der Waals surface area contributed by atoms with Gasteiger partial charge in [0.25, 0.3) is 5.91 Å². The minimum Gasteiger partial charge on any atom is -0.508 e. The summed E-state index contributed by atoms with van der Waals surface area (Å²) in [6.07, 6.45) is -0.396. The highest BCUT2D eigenvalue weighted by Gasteiger charge is 2.63. The van der Waals surface area contributed by atoms with Gasteiger partial charge >= 0.3 is 0 Å². The molecule has 1 heterocycles. The lowest BCUT2D eigenvalue weighted by Gasteiger charge is -2.48. The van der Waals surface area contributed by atoms with Crippen molar-refractivity contribution in [1.29, 1.82) is 0 Å². The molecule has 0 saturated heterocycles. The van der Waals surface area contributed by atoms with E-state index in [1.807, 2.05) is 0 Å². The quantitative estimate of drug-likeness (QED) is 0.259. The van der Waals surface area contributed by atoms with Gasteiger partial charge in [-0.3, -0.25) is 14.4 Å². The molecule has 11 nitrogen and oxygen atoms in total. The van der Waals surface area contributed by atoms with Crippen LogP contribution in [0.25, 0.3) is 5.76 Å². The zero-order valence-corrected chi connectivity index (χ0v) is 17.0. The number of ketones is 2. The molecule has 12 heteroatoms. The summed E-state index contributed by atoms with van der Waals surface area (Å²) < 4.78 is 15.3. The molecule has 1 fully saturated rings. The predicted molar refractivity (Wildman–Crippen MR) is 106 cm³/mol. The number of phenols is 1. The fourth-order valence-electron chi connectivity index (χ4n) is 5.67. The van der Waals surface area contributed by atoms with Crippen LogP contribution in [-0.4, -0.2) is 59.8 Å². The number of nitrogens with two attached hydrogens (primary N) is 2. The Kier molecular flexibility index (Phi) is 4.31. The molecule has 1 amide bonds. The van der Waals surface area contributed by atoms with Gasteiger partial charge < -0.3 is 37.1 Å². The first-order valence-electron chi connectivity index (χ1n) is 10.1. The molecule has 174 valence electrons. The molecule has 0 aromatic heterocycles. The van der Waals surface area contributed by atoms with Crippen molar-refractivity contribution in [2.24, 2.45) is 23.3 Å². The zero-order valence-electron chi connectivity index (χ0n) is 17.0. The number of nitrogens with zero attached hydrogens (tertiary/aromatic N) is 1. The first-order chi connectivity index (χ1) is 15.4. The van der Waals surface area contributed by atoms with Crippen LogP contribution in [0.3, 0.4) is 0 Å². The Bertz CT molecular complexity index is 1250. The van der Waals surface area contributed by atoms with Crippen LogP contribution in [0.15, 0.2) is 16.9 Å². The molecule has 0 bridgehead atoms. The van der Waals surface area contributed by atoms with Gasteiger partial charge in [0.15, 0.2) is 11.4 Å². The number of fused-ring (bicyclic) bond motifs is 4. The van der Waals surface area contributed by atoms with Crippen molar-refractivity contribution in [2.45, 2.75) is 37.6 Å². The number of aliphatic hydroxyl groups is 3. The highest BCUT2D eigenvalue weighted by molar-refractivity contribution is 6.24. The normalized spacial score (nSPS) is 31.3. The summed E-state index contributed by atoms with van der Waals surface area (Å²) in [5.41, 5.74) is 6.52. The number of amides is 1. The van der Waals surface area contributed by atoms with Gasteiger partial charge in [-0.25, -0.2) is 4.39 Å². The second-order valence-electron chi connectivity index (χ2n) is 8.87. The molecule has 0 unspecified atom stereocenters. The molecule has 5 rings (SSSR count). The second-order valence-corrected chi connectivity index (χ2v) is 8.87. The Morgan fingerprint density at radius 2 is 1.76 bits per heavy atom. The average Bonchev–Trinajstić information content (AvgIpc) is 3.14.